The van der Waals surface area contributed by atoms with Crippen LogP contribution in [0.1, 0.15) is 5.69 Å². The van der Waals surface area contributed by atoms with E-state index in [-0.39, 0.29) is 28.9 Å². The Hall–Kier alpha value is -3.70. The molecule has 166 valence electrons. The zero-order valence-electron chi connectivity index (χ0n) is 17.2. The molecule has 1 N–H and O–H groups in total. The number of aryl methyl sites for hydroxylation is 1. The number of nitro groups is 1. The Balaban J connectivity index is 1.40. The smallest absolute Gasteiger partial charge is 0.292 e. The van der Waals surface area contributed by atoms with Gasteiger partial charge in [0.05, 0.1) is 21.2 Å². The van der Waals surface area contributed by atoms with Crippen molar-refractivity contribution in [1.29, 1.82) is 0 Å². The molecule has 0 spiro atoms. The number of carbonyl (C=O) groups is 1. The number of rotatable bonds is 7. The number of hydrogen-bond acceptors (Lipinski definition) is 8. The summed E-state index contributed by atoms with van der Waals surface area (Å²) >= 11 is 2.61. The molecule has 33 heavy (non-hydrogen) atoms. The fraction of sp³-hybridized carbons (Fsp3) is 0.0909. The van der Waals surface area contributed by atoms with Gasteiger partial charge in [0.1, 0.15) is 27.2 Å². The number of amides is 1. The minimum Gasteiger partial charge on any atom is -0.320 e. The van der Waals surface area contributed by atoms with Gasteiger partial charge in [0.25, 0.3) is 5.69 Å². The summed E-state index contributed by atoms with van der Waals surface area (Å²) < 4.78 is 13.2. The predicted molar refractivity (Wildman–Crippen MR) is 126 cm³/mol. The molecule has 0 aliphatic heterocycles. The molecule has 11 heteroatoms. The highest BCUT2D eigenvalue weighted by molar-refractivity contribution is 7.99. The molecule has 0 saturated carbocycles. The molecule has 2 aromatic heterocycles. The largest absolute Gasteiger partial charge is 0.320 e. The third-order valence-corrected chi connectivity index (χ3v) is 6.64. The summed E-state index contributed by atoms with van der Waals surface area (Å²) in [4.78, 5) is 28.1. The second kappa shape index (κ2) is 9.84. The van der Waals surface area contributed by atoms with Gasteiger partial charge in [0.15, 0.2) is 0 Å². The van der Waals surface area contributed by atoms with E-state index in [4.69, 9.17) is 0 Å². The van der Waals surface area contributed by atoms with E-state index in [1.807, 2.05) is 6.92 Å². The zero-order valence-corrected chi connectivity index (χ0v) is 18.8. The molecule has 0 radical (unpaired) electrons. The third-order valence-electron chi connectivity index (χ3n) is 4.49. The Labute approximate surface area is 196 Å². The van der Waals surface area contributed by atoms with Gasteiger partial charge < -0.3 is 5.32 Å². The Morgan fingerprint density at radius 1 is 1.12 bits per heavy atom. The molecule has 0 bridgehead atoms. The lowest BCUT2D eigenvalue weighted by Gasteiger charge is -2.05. The standard InChI is InChI=1S/C22H16FN5O3S2/c1-13-21(33-22(24-13)14-6-8-15(23)9-7-14)17-10-11-20(27-26-17)32-12-19(29)25-16-4-2-3-5-18(16)28(30)31/h2-11H,12H2,1H3,(H,25,29). The number of carbonyl (C=O) groups excluding carboxylic acids is 1. The van der Waals surface area contributed by atoms with Crippen LogP contribution in [0.3, 0.4) is 0 Å². The molecule has 1 amide bonds. The number of nitrogens with zero attached hydrogens (tertiary/aromatic N) is 4. The van der Waals surface area contributed by atoms with Crippen LogP contribution in [0.2, 0.25) is 0 Å². The van der Waals surface area contributed by atoms with Crippen molar-refractivity contribution >= 4 is 40.4 Å². The summed E-state index contributed by atoms with van der Waals surface area (Å²) in [6.45, 7) is 1.87. The van der Waals surface area contributed by atoms with Crippen LogP contribution in [0.5, 0.6) is 0 Å². The lowest BCUT2D eigenvalue weighted by Crippen LogP contribution is -2.15. The van der Waals surface area contributed by atoms with Gasteiger partial charge in [-0.1, -0.05) is 23.9 Å². The van der Waals surface area contributed by atoms with Crippen molar-refractivity contribution < 1.29 is 14.1 Å². The van der Waals surface area contributed by atoms with Crippen molar-refractivity contribution in [1.82, 2.24) is 15.2 Å². The van der Waals surface area contributed by atoms with Gasteiger partial charge >= 0.3 is 0 Å². The molecule has 0 saturated heterocycles. The van der Waals surface area contributed by atoms with E-state index in [1.165, 1.54) is 53.4 Å². The second-order valence-electron chi connectivity index (χ2n) is 6.81. The average Bonchev–Trinajstić information content (AvgIpc) is 3.20. The molecule has 0 atom stereocenters. The van der Waals surface area contributed by atoms with E-state index in [9.17, 15) is 19.3 Å². The van der Waals surface area contributed by atoms with Crippen LogP contribution >= 0.6 is 23.1 Å². The number of thiazole rings is 1. The first-order valence-electron chi connectivity index (χ1n) is 9.64. The summed E-state index contributed by atoms with van der Waals surface area (Å²) in [5.74, 6) is -0.668. The third kappa shape index (κ3) is 5.38. The summed E-state index contributed by atoms with van der Waals surface area (Å²) in [5.41, 5.74) is 2.23. The summed E-state index contributed by atoms with van der Waals surface area (Å²) in [6, 6.07) is 15.6. The first-order chi connectivity index (χ1) is 15.9. The van der Waals surface area contributed by atoms with E-state index >= 15 is 0 Å². The van der Waals surface area contributed by atoms with Gasteiger partial charge in [-0.05, 0) is 49.4 Å². The number of para-hydroxylation sites is 2. The lowest BCUT2D eigenvalue weighted by atomic mass is 10.2. The second-order valence-corrected chi connectivity index (χ2v) is 8.80. The highest BCUT2D eigenvalue weighted by Gasteiger charge is 2.16. The van der Waals surface area contributed by atoms with Crippen LogP contribution in [0.25, 0.3) is 21.1 Å². The molecule has 0 unspecified atom stereocenters. The highest BCUT2D eigenvalue weighted by atomic mass is 32.2. The van der Waals surface area contributed by atoms with E-state index in [2.05, 4.69) is 20.5 Å². The first kappa shape index (κ1) is 22.5. The fourth-order valence-electron chi connectivity index (χ4n) is 2.93. The average molecular weight is 482 g/mol. The monoisotopic (exact) mass is 481 g/mol. The minimum atomic E-state index is -0.546. The molecule has 2 heterocycles. The first-order valence-corrected chi connectivity index (χ1v) is 11.4. The molecule has 0 aliphatic rings. The number of thioether (sulfide) groups is 1. The molecule has 4 aromatic rings. The van der Waals surface area contributed by atoms with Crippen molar-refractivity contribution in [3.05, 3.63) is 82.3 Å². The Kier molecular flexibility index (Phi) is 6.71. The Morgan fingerprint density at radius 2 is 1.88 bits per heavy atom. The Morgan fingerprint density at radius 3 is 2.58 bits per heavy atom. The van der Waals surface area contributed by atoms with Gasteiger partial charge in [0.2, 0.25) is 5.91 Å². The normalized spacial score (nSPS) is 10.7. The molecule has 0 aliphatic carbocycles. The SMILES string of the molecule is Cc1nc(-c2ccc(F)cc2)sc1-c1ccc(SCC(=O)Nc2ccccc2[N+](=O)[O-])nn1. The van der Waals surface area contributed by atoms with Crippen LogP contribution in [-0.4, -0.2) is 31.8 Å². The minimum absolute atomic E-state index is 0.0222. The summed E-state index contributed by atoms with van der Waals surface area (Å²) in [5, 5.41) is 23.3. The summed E-state index contributed by atoms with van der Waals surface area (Å²) in [6.07, 6.45) is 0. The van der Waals surface area contributed by atoms with Crippen LogP contribution < -0.4 is 5.32 Å². The van der Waals surface area contributed by atoms with E-state index in [1.54, 1.807) is 30.3 Å². The predicted octanol–water partition coefficient (Wildman–Crippen LogP) is 5.35. The number of nitro benzene ring substituents is 1. The van der Waals surface area contributed by atoms with Crippen molar-refractivity contribution in [3.63, 3.8) is 0 Å². The van der Waals surface area contributed by atoms with Crippen molar-refractivity contribution in [3.8, 4) is 21.1 Å². The molecule has 2 aromatic carbocycles. The molecule has 4 rings (SSSR count). The lowest BCUT2D eigenvalue weighted by molar-refractivity contribution is -0.383. The van der Waals surface area contributed by atoms with Crippen molar-refractivity contribution in [2.75, 3.05) is 11.1 Å². The maximum Gasteiger partial charge on any atom is 0.292 e. The summed E-state index contributed by atoms with van der Waals surface area (Å²) in [7, 11) is 0. The van der Waals surface area contributed by atoms with E-state index in [0.29, 0.717) is 10.7 Å². The number of anilines is 1. The highest BCUT2D eigenvalue weighted by Crippen LogP contribution is 2.34. The van der Waals surface area contributed by atoms with Gasteiger partial charge in [0, 0.05) is 11.6 Å². The van der Waals surface area contributed by atoms with Crippen LogP contribution in [-0.2, 0) is 4.79 Å². The number of benzene rings is 2. The van der Waals surface area contributed by atoms with E-state index < -0.39 is 4.92 Å². The van der Waals surface area contributed by atoms with Crippen molar-refractivity contribution in [2.45, 2.75) is 11.9 Å². The molecule has 8 nitrogen and oxygen atoms in total. The zero-order chi connectivity index (χ0) is 23.4. The Bertz CT molecular complexity index is 1310. The van der Waals surface area contributed by atoms with Crippen LogP contribution in [0.4, 0.5) is 15.8 Å². The van der Waals surface area contributed by atoms with Gasteiger partial charge in [-0.15, -0.1) is 21.5 Å². The maximum atomic E-state index is 13.2. The van der Waals surface area contributed by atoms with Crippen molar-refractivity contribution in [2.24, 2.45) is 0 Å². The number of halogens is 1. The quantitative estimate of drug-likeness (QED) is 0.215. The molecular formula is C22H16FN5O3S2. The topological polar surface area (TPSA) is 111 Å². The van der Waals surface area contributed by atoms with Crippen LogP contribution in [0.15, 0.2) is 65.7 Å². The molecular weight excluding hydrogens is 465 g/mol. The van der Waals surface area contributed by atoms with Gasteiger partial charge in [-0.3, -0.25) is 14.9 Å². The fourth-order valence-corrected chi connectivity index (χ4v) is 4.58. The number of nitrogens with one attached hydrogen (secondary N) is 1. The number of aromatic nitrogens is 3. The number of hydrogen-bond donors (Lipinski definition) is 1. The maximum absolute atomic E-state index is 13.2. The van der Waals surface area contributed by atoms with Crippen LogP contribution in [0, 0.1) is 22.9 Å². The van der Waals surface area contributed by atoms with E-state index in [0.717, 1.165) is 21.1 Å². The van der Waals surface area contributed by atoms with Gasteiger partial charge in [-0.2, -0.15) is 0 Å². The van der Waals surface area contributed by atoms with Gasteiger partial charge in [-0.25, -0.2) is 9.37 Å². The molecule has 0 fully saturated rings.